The second kappa shape index (κ2) is 11.0. The van der Waals surface area contributed by atoms with E-state index in [2.05, 4.69) is 40.7 Å². The van der Waals surface area contributed by atoms with Gasteiger partial charge < -0.3 is 5.11 Å². The molecular weight excluding hydrogens is 316 g/mol. The van der Waals surface area contributed by atoms with Gasteiger partial charge in [-0.15, -0.1) is 0 Å². The highest BCUT2D eigenvalue weighted by atomic mass is 17.2. The van der Waals surface area contributed by atoms with Crippen molar-refractivity contribution in [3.05, 3.63) is 11.6 Å². The minimum Gasteiger partial charge on any atom is -0.481 e. The Kier molecular flexibility index (Phi) is 9.73. The van der Waals surface area contributed by atoms with Gasteiger partial charge in [0.1, 0.15) is 11.7 Å². The standard InChI is InChI=1S/C21H38O4/c1-6-10-11-17(7-2)12-16(5)14-21(9-4)15-18(8-3)19(24-25-21)13-20(22)23/h14,17-19H,6-13,15H2,1-5H3,(H,22,23)/b16-14+/t17-,18+,19+,21+/m0/s1. The Labute approximate surface area is 153 Å². The molecule has 1 rings (SSSR count). The lowest BCUT2D eigenvalue weighted by atomic mass is 9.80. The number of allylic oxidation sites excluding steroid dienone is 1. The van der Waals surface area contributed by atoms with Gasteiger partial charge in [0.2, 0.25) is 0 Å². The van der Waals surface area contributed by atoms with Crippen molar-refractivity contribution in [2.24, 2.45) is 11.8 Å². The number of rotatable bonds is 11. The third kappa shape index (κ3) is 7.10. The predicted octanol–water partition coefficient (Wildman–Crippen LogP) is 5.91. The summed E-state index contributed by atoms with van der Waals surface area (Å²) in [5.41, 5.74) is 0.947. The molecule has 4 atom stereocenters. The predicted molar refractivity (Wildman–Crippen MR) is 101 cm³/mol. The first-order chi connectivity index (χ1) is 11.9. The normalized spacial score (nSPS) is 28.8. The Balaban J connectivity index is 2.79. The fourth-order valence-corrected chi connectivity index (χ4v) is 3.92. The van der Waals surface area contributed by atoms with E-state index in [0.717, 1.165) is 31.6 Å². The number of aliphatic carboxylic acids is 1. The summed E-state index contributed by atoms with van der Waals surface area (Å²) >= 11 is 0. The summed E-state index contributed by atoms with van der Waals surface area (Å²) in [6, 6.07) is 0. The summed E-state index contributed by atoms with van der Waals surface area (Å²) in [4.78, 5) is 22.4. The number of hydrogen-bond donors (Lipinski definition) is 1. The van der Waals surface area contributed by atoms with Gasteiger partial charge in [-0.1, -0.05) is 71.4 Å². The quantitative estimate of drug-likeness (QED) is 0.370. The van der Waals surface area contributed by atoms with E-state index in [1.807, 2.05) is 0 Å². The SMILES string of the molecule is CCCC[C@H](CC)C/C(C)=C/[C@]1(CC)C[C@@H](CC)[C@@H](CC(=O)O)OO1. The van der Waals surface area contributed by atoms with Gasteiger partial charge in [0.05, 0.1) is 6.42 Å². The maximum atomic E-state index is 11.0. The van der Waals surface area contributed by atoms with Crippen molar-refractivity contribution in [1.29, 1.82) is 0 Å². The second-order valence-corrected chi connectivity index (χ2v) is 7.72. The van der Waals surface area contributed by atoms with Gasteiger partial charge in [-0.2, -0.15) is 0 Å². The molecule has 0 aromatic carbocycles. The lowest BCUT2D eigenvalue weighted by Gasteiger charge is -2.41. The maximum Gasteiger partial charge on any atom is 0.306 e. The van der Waals surface area contributed by atoms with E-state index < -0.39 is 11.6 Å². The van der Waals surface area contributed by atoms with Gasteiger partial charge in [-0.05, 0) is 38.0 Å². The Bertz CT molecular complexity index is 432. The van der Waals surface area contributed by atoms with Gasteiger partial charge in [-0.25, -0.2) is 9.78 Å². The van der Waals surface area contributed by atoms with E-state index in [0.29, 0.717) is 0 Å². The lowest BCUT2D eigenvalue weighted by molar-refractivity contribution is -0.409. The van der Waals surface area contributed by atoms with Crippen LogP contribution in [0.1, 0.15) is 92.4 Å². The topological polar surface area (TPSA) is 55.8 Å². The first kappa shape index (κ1) is 22.2. The molecule has 1 N–H and O–H groups in total. The largest absolute Gasteiger partial charge is 0.481 e. The fraction of sp³-hybridized carbons (Fsp3) is 0.857. The van der Waals surface area contributed by atoms with Crippen LogP contribution >= 0.6 is 0 Å². The Morgan fingerprint density at radius 1 is 1.32 bits per heavy atom. The third-order valence-corrected chi connectivity index (χ3v) is 5.63. The van der Waals surface area contributed by atoms with Gasteiger partial charge in [0, 0.05) is 0 Å². The van der Waals surface area contributed by atoms with Gasteiger partial charge in [0.15, 0.2) is 0 Å². The smallest absolute Gasteiger partial charge is 0.306 e. The average molecular weight is 355 g/mol. The maximum absolute atomic E-state index is 11.0. The van der Waals surface area contributed by atoms with Crippen LogP contribution < -0.4 is 0 Å². The van der Waals surface area contributed by atoms with Crippen LogP contribution in [0.3, 0.4) is 0 Å². The van der Waals surface area contributed by atoms with Crippen LogP contribution in [0.25, 0.3) is 0 Å². The molecule has 1 heterocycles. The molecule has 1 aliphatic rings. The summed E-state index contributed by atoms with van der Waals surface area (Å²) in [5, 5.41) is 9.06. The van der Waals surface area contributed by atoms with E-state index in [-0.39, 0.29) is 18.4 Å². The van der Waals surface area contributed by atoms with Gasteiger partial charge in [0.25, 0.3) is 0 Å². The molecule has 0 bridgehead atoms. The first-order valence-corrected chi connectivity index (χ1v) is 10.1. The van der Waals surface area contributed by atoms with E-state index in [1.54, 1.807) is 0 Å². The van der Waals surface area contributed by atoms with Crippen molar-refractivity contribution in [2.75, 3.05) is 0 Å². The Morgan fingerprint density at radius 3 is 2.56 bits per heavy atom. The second-order valence-electron chi connectivity index (χ2n) is 7.72. The zero-order chi connectivity index (χ0) is 18.9. The van der Waals surface area contributed by atoms with Gasteiger partial charge in [-0.3, -0.25) is 4.79 Å². The average Bonchev–Trinajstić information content (AvgIpc) is 2.59. The van der Waals surface area contributed by atoms with Crippen molar-refractivity contribution >= 4 is 5.97 Å². The zero-order valence-electron chi connectivity index (χ0n) is 16.8. The minimum absolute atomic E-state index is 0.00985. The van der Waals surface area contributed by atoms with Crippen molar-refractivity contribution in [2.45, 2.75) is 104 Å². The lowest BCUT2D eigenvalue weighted by Crippen LogP contribution is -2.44. The van der Waals surface area contributed by atoms with Crippen molar-refractivity contribution < 1.29 is 19.7 Å². The molecule has 146 valence electrons. The van der Waals surface area contributed by atoms with E-state index in [4.69, 9.17) is 14.9 Å². The van der Waals surface area contributed by atoms with Crippen molar-refractivity contribution in [3.8, 4) is 0 Å². The van der Waals surface area contributed by atoms with E-state index in [9.17, 15) is 4.79 Å². The molecule has 1 fully saturated rings. The summed E-state index contributed by atoms with van der Waals surface area (Å²) in [6.07, 6.45) is 10.6. The number of hydrogen-bond acceptors (Lipinski definition) is 3. The number of carbonyl (C=O) groups is 1. The van der Waals surface area contributed by atoms with Crippen LogP contribution in [-0.4, -0.2) is 22.8 Å². The highest BCUT2D eigenvalue weighted by Crippen LogP contribution is 2.39. The van der Waals surface area contributed by atoms with Crippen LogP contribution in [-0.2, 0) is 14.6 Å². The molecule has 4 nitrogen and oxygen atoms in total. The number of carboxylic acid groups (broad SMARTS) is 1. The fourth-order valence-electron chi connectivity index (χ4n) is 3.92. The van der Waals surface area contributed by atoms with Crippen molar-refractivity contribution in [3.63, 3.8) is 0 Å². The molecule has 0 aliphatic carbocycles. The first-order valence-electron chi connectivity index (χ1n) is 10.1. The molecule has 0 aromatic rings. The molecule has 0 saturated carbocycles. The van der Waals surface area contributed by atoms with Crippen molar-refractivity contribution in [1.82, 2.24) is 0 Å². The zero-order valence-corrected chi connectivity index (χ0v) is 16.8. The summed E-state index contributed by atoms with van der Waals surface area (Å²) in [7, 11) is 0. The van der Waals surface area contributed by atoms with Crippen LogP contribution in [0.5, 0.6) is 0 Å². The molecular formula is C21H38O4. The van der Waals surface area contributed by atoms with Gasteiger partial charge >= 0.3 is 5.97 Å². The Hall–Kier alpha value is -0.870. The molecule has 25 heavy (non-hydrogen) atoms. The summed E-state index contributed by atoms with van der Waals surface area (Å²) < 4.78 is 0. The molecule has 4 heteroatoms. The molecule has 0 spiro atoms. The Morgan fingerprint density at radius 2 is 2.04 bits per heavy atom. The van der Waals surface area contributed by atoms with Crippen LogP contribution in [0, 0.1) is 11.8 Å². The molecule has 1 saturated heterocycles. The molecule has 0 amide bonds. The van der Waals surface area contributed by atoms with Crippen LogP contribution in [0.15, 0.2) is 11.6 Å². The van der Waals surface area contributed by atoms with E-state index >= 15 is 0 Å². The number of unbranched alkanes of at least 4 members (excludes halogenated alkanes) is 1. The summed E-state index contributed by atoms with van der Waals surface area (Å²) in [5.74, 6) is 0.122. The molecule has 0 unspecified atom stereocenters. The highest BCUT2D eigenvalue weighted by molar-refractivity contribution is 5.67. The molecule has 1 aliphatic heterocycles. The van der Waals surface area contributed by atoms with Crippen LogP contribution in [0.2, 0.25) is 0 Å². The number of carboxylic acids is 1. The van der Waals surface area contributed by atoms with E-state index in [1.165, 1.54) is 31.3 Å². The third-order valence-electron chi connectivity index (χ3n) is 5.63. The summed E-state index contributed by atoms with van der Waals surface area (Å²) in [6.45, 7) is 10.9. The monoisotopic (exact) mass is 354 g/mol. The molecule has 0 aromatic heterocycles. The van der Waals surface area contributed by atoms with Crippen LogP contribution in [0.4, 0.5) is 0 Å². The molecule has 0 radical (unpaired) electrons. The highest BCUT2D eigenvalue weighted by Gasteiger charge is 2.41. The minimum atomic E-state index is -0.829.